The zero-order valence-electron chi connectivity index (χ0n) is 15.9. The summed E-state index contributed by atoms with van der Waals surface area (Å²) in [5.41, 5.74) is 12.1. The second-order valence-electron chi connectivity index (χ2n) is 7.51. The molecule has 0 amide bonds. The number of anilines is 2. The Kier molecular flexibility index (Phi) is 5.24. The number of benzene rings is 1. The van der Waals surface area contributed by atoms with E-state index >= 15 is 0 Å². The van der Waals surface area contributed by atoms with Gasteiger partial charge in [0.25, 0.3) is 0 Å². The molecule has 1 aliphatic rings. The summed E-state index contributed by atoms with van der Waals surface area (Å²) in [7, 11) is 0. The van der Waals surface area contributed by atoms with Crippen molar-refractivity contribution in [3.63, 3.8) is 0 Å². The maximum Gasteiger partial charge on any atom is 0.167 e. The van der Waals surface area contributed by atoms with Crippen molar-refractivity contribution in [1.29, 1.82) is 0 Å². The molecule has 0 spiro atoms. The molecule has 1 saturated heterocycles. The summed E-state index contributed by atoms with van der Waals surface area (Å²) in [5, 5.41) is 0. The van der Waals surface area contributed by atoms with Gasteiger partial charge in [0.15, 0.2) is 11.6 Å². The Morgan fingerprint density at radius 2 is 2.04 bits per heavy atom. The van der Waals surface area contributed by atoms with Crippen molar-refractivity contribution >= 4 is 11.5 Å². The molecule has 1 aromatic carbocycles. The van der Waals surface area contributed by atoms with Crippen molar-refractivity contribution in [3.8, 4) is 23.3 Å². The molecule has 142 valence electrons. The molecule has 0 bridgehead atoms. The maximum absolute atomic E-state index is 14.1. The van der Waals surface area contributed by atoms with E-state index in [0.29, 0.717) is 22.9 Å². The highest BCUT2D eigenvalue weighted by atomic mass is 19.1. The van der Waals surface area contributed by atoms with Crippen molar-refractivity contribution in [1.82, 2.24) is 9.88 Å². The largest absolute Gasteiger partial charge is 0.453 e. The Balaban J connectivity index is 1.91. The number of nitrogens with two attached hydrogens (primary N) is 2. The van der Waals surface area contributed by atoms with Gasteiger partial charge < -0.3 is 16.2 Å². The number of likely N-dealkylation sites (tertiary alicyclic amines) is 1. The third-order valence-corrected chi connectivity index (χ3v) is 4.83. The molecule has 1 aromatic heterocycles. The van der Waals surface area contributed by atoms with E-state index < -0.39 is 5.82 Å². The van der Waals surface area contributed by atoms with Crippen LogP contribution < -0.4 is 16.2 Å². The van der Waals surface area contributed by atoms with Crippen LogP contribution in [-0.2, 0) is 0 Å². The van der Waals surface area contributed by atoms with Crippen LogP contribution in [0, 0.1) is 23.6 Å². The molecule has 3 rings (SSSR count). The number of rotatable bonds is 3. The van der Waals surface area contributed by atoms with Crippen molar-refractivity contribution in [2.45, 2.75) is 32.7 Å². The molecule has 4 N–H and O–H groups in total. The number of pyridine rings is 1. The number of aromatic nitrogens is 1. The van der Waals surface area contributed by atoms with Gasteiger partial charge in [0.1, 0.15) is 17.1 Å². The lowest BCUT2D eigenvalue weighted by Crippen LogP contribution is -2.41. The monoisotopic (exact) mass is 368 g/mol. The lowest BCUT2D eigenvalue weighted by molar-refractivity contribution is 0.207. The summed E-state index contributed by atoms with van der Waals surface area (Å²) in [6.45, 7) is 8.46. The molecule has 27 heavy (non-hydrogen) atoms. The van der Waals surface area contributed by atoms with Crippen LogP contribution in [0.5, 0.6) is 11.5 Å². The summed E-state index contributed by atoms with van der Waals surface area (Å²) in [5.74, 6) is 7.20. The predicted molar refractivity (Wildman–Crippen MR) is 106 cm³/mol. The second-order valence-corrected chi connectivity index (χ2v) is 7.51. The van der Waals surface area contributed by atoms with Crippen LogP contribution in [0.2, 0.25) is 0 Å². The van der Waals surface area contributed by atoms with E-state index in [2.05, 4.69) is 42.5 Å². The maximum atomic E-state index is 14.1. The molecule has 0 unspecified atom stereocenters. The van der Waals surface area contributed by atoms with Gasteiger partial charge in [-0.2, -0.15) is 0 Å². The van der Waals surface area contributed by atoms with Gasteiger partial charge in [0.05, 0.1) is 5.54 Å². The molecule has 2 heterocycles. The van der Waals surface area contributed by atoms with Crippen molar-refractivity contribution in [3.05, 3.63) is 41.8 Å². The normalized spacial score (nSPS) is 17.4. The second kappa shape index (κ2) is 7.45. The summed E-state index contributed by atoms with van der Waals surface area (Å²) < 4.78 is 19.8. The van der Waals surface area contributed by atoms with E-state index in [4.69, 9.17) is 16.2 Å². The first-order valence-corrected chi connectivity index (χ1v) is 9.02. The van der Waals surface area contributed by atoms with Crippen molar-refractivity contribution in [2.24, 2.45) is 5.92 Å². The number of nitrogen functional groups attached to an aromatic ring is 2. The molecular formula is C21H25FN4O. The fraction of sp³-hybridized carbons (Fsp3) is 0.381. The third-order valence-electron chi connectivity index (χ3n) is 4.83. The molecule has 5 nitrogen and oxygen atoms in total. The predicted octanol–water partition coefficient (Wildman–Crippen LogP) is 3.65. The summed E-state index contributed by atoms with van der Waals surface area (Å²) >= 11 is 0. The quantitative estimate of drug-likeness (QED) is 0.639. The van der Waals surface area contributed by atoms with Crippen LogP contribution in [0.3, 0.4) is 0 Å². The minimum atomic E-state index is -0.546. The van der Waals surface area contributed by atoms with Gasteiger partial charge in [-0.3, -0.25) is 4.90 Å². The first-order chi connectivity index (χ1) is 12.8. The SMILES string of the molecule is C[C@H]1CCN(C(C)(C)C#Cc2c(Oc3ccc(N)cc3F)ccnc2N)C1. The van der Waals surface area contributed by atoms with Gasteiger partial charge in [-0.25, -0.2) is 9.37 Å². The fourth-order valence-electron chi connectivity index (χ4n) is 3.13. The van der Waals surface area contributed by atoms with E-state index in [1.54, 1.807) is 12.1 Å². The number of hydrogen-bond acceptors (Lipinski definition) is 5. The van der Waals surface area contributed by atoms with Crippen LogP contribution in [-0.4, -0.2) is 28.5 Å². The topological polar surface area (TPSA) is 77.4 Å². The number of ether oxygens (including phenoxy) is 1. The fourth-order valence-corrected chi connectivity index (χ4v) is 3.13. The van der Waals surface area contributed by atoms with Crippen LogP contribution in [0.4, 0.5) is 15.9 Å². The smallest absolute Gasteiger partial charge is 0.167 e. The molecule has 0 radical (unpaired) electrons. The van der Waals surface area contributed by atoms with Crippen molar-refractivity contribution in [2.75, 3.05) is 24.6 Å². The Bertz CT molecular complexity index is 901. The average molecular weight is 368 g/mol. The molecule has 0 aliphatic carbocycles. The Morgan fingerprint density at radius 1 is 1.26 bits per heavy atom. The highest BCUT2D eigenvalue weighted by molar-refractivity contribution is 5.60. The van der Waals surface area contributed by atoms with E-state index in [0.717, 1.165) is 13.1 Å². The van der Waals surface area contributed by atoms with E-state index in [9.17, 15) is 4.39 Å². The molecule has 1 fully saturated rings. The Hall–Kier alpha value is -2.78. The van der Waals surface area contributed by atoms with Gasteiger partial charge >= 0.3 is 0 Å². The first kappa shape index (κ1) is 19.0. The number of hydrogen-bond donors (Lipinski definition) is 2. The molecule has 1 aliphatic heterocycles. The molecule has 6 heteroatoms. The van der Waals surface area contributed by atoms with Crippen LogP contribution in [0.25, 0.3) is 0 Å². The highest BCUT2D eigenvalue weighted by Crippen LogP contribution is 2.30. The van der Waals surface area contributed by atoms with Gasteiger partial charge in [-0.15, -0.1) is 0 Å². The third kappa shape index (κ3) is 4.32. The van der Waals surface area contributed by atoms with Gasteiger partial charge in [0, 0.05) is 30.6 Å². The Morgan fingerprint density at radius 3 is 2.70 bits per heavy atom. The molecule has 2 aromatic rings. The van der Waals surface area contributed by atoms with Crippen LogP contribution in [0.15, 0.2) is 30.5 Å². The first-order valence-electron chi connectivity index (χ1n) is 9.02. The summed E-state index contributed by atoms with van der Waals surface area (Å²) in [4.78, 5) is 6.45. The zero-order chi connectivity index (χ0) is 19.6. The van der Waals surface area contributed by atoms with Crippen LogP contribution in [0.1, 0.15) is 32.8 Å². The van der Waals surface area contributed by atoms with E-state index in [1.807, 2.05) is 0 Å². The van der Waals surface area contributed by atoms with Gasteiger partial charge in [-0.1, -0.05) is 18.8 Å². The molecule has 1 atom stereocenters. The Labute approximate surface area is 159 Å². The molecular weight excluding hydrogens is 343 g/mol. The lowest BCUT2D eigenvalue weighted by Gasteiger charge is -2.30. The average Bonchev–Trinajstić information content (AvgIpc) is 3.04. The van der Waals surface area contributed by atoms with Crippen LogP contribution >= 0.6 is 0 Å². The number of nitrogens with zero attached hydrogens (tertiary/aromatic N) is 2. The summed E-state index contributed by atoms with van der Waals surface area (Å²) in [6.07, 6.45) is 2.68. The van der Waals surface area contributed by atoms with E-state index in [1.165, 1.54) is 24.8 Å². The minimum absolute atomic E-state index is 0.0606. The number of halogens is 1. The van der Waals surface area contributed by atoms with Crippen molar-refractivity contribution < 1.29 is 9.13 Å². The standard InChI is InChI=1S/C21H25FN4O/c1-14-8-11-26(13-14)21(2,3)9-6-16-18(7-10-25-20(16)24)27-19-5-4-15(23)12-17(19)22/h4-5,7,10,12,14H,8,11,13,23H2,1-3H3,(H2,24,25)/t14-/m0/s1. The highest BCUT2D eigenvalue weighted by Gasteiger charge is 2.30. The molecule has 0 saturated carbocycles. The minimum Gasteiger partial charge on any atom is -0.453 e. The van der Waals surface area contributed by atoms with Gasteiger partial charge in [-0.05, 0) is 44.9 Å². The zero-order valence-corrected chi connectivity index (χ0v) is 15.9. The lowest BCUT2D eigenvalue weighted by atomic mass is 10.0. The summed E-state index contributed by atoms with van der Waals surface area (Å²) in [6, 6.07) is 5.89. The van der Waals surface area contributed by atoms with E-state index in [-0.39, 0.29) is 17.1 Å². The van der Waals surface area contributed by atoms with Gasteiger partial charge in [0.2, 0.25) is 0 Å².